The van der Waals surface area contributed by atoms with Crippen LogP contribution in [0.2, 0.25) is 0 Å². The van der Waals surface area contributed by atoms with E-state index in [1.807, 2.05) is 0 Å². The predicted octanol–water partition coefficient (Wildman–Crippen LogP) is 2.81. The maximum atomic E-state index is 14.6. The molecule has 2 heterocycles. The number of aliphatic hydroxyl groups is 7. The average molecular weight is 751 g/mol. The molecule has 5 aliphatic carbocycles. The third-order valence-corrected chi connectivity index (χ3v) is 17.2. The standard InChI is InChI=1S/C41H66O12/c1-20-10-15-41(36(49)53-35-33(48)31(46)30(45)24(18-42)51-35)17-16-39(6)22(28(41)21(20)2)8-9-26-38(5)13-12-27(37(3,4)25(38)11-14-40(26,39)7)52-34-32(47)29(44)23(43)19-50-34/h8,20-21,23-35,42-48H,9-19H2,1-7H3/t20-,21+,23+,24-,25+,26-,27+,28?,29+,30-,31+,32-,33-,34+,35+,38+,39-,40-,41+/m1/s1. The van der Waals surface area contributed by atoms with Crippen LogP contribution in [0, 0.1) is 56.7 Å². The molecule has 53 heavy (non-hydrogen) atoms. The van der Waals surface area contributed by atoms with Gasteiger partial charge in [0.2, 0.25) is 6.29 Å². The van der Waals surface area contributed by atoms with Crippen molar-refractivity contribution in [2.75, 3.05) is 13.2 Å². The van der Waals surface area contributed by atoms with Gasteiger partial charge in [-0.3, -0.25) is 4.79 Å². The van der Waals surface area contributed by atoms with Crippen LogP contribution in [-0.4, -0.2) is 116 Å². The van der Waals surface area contributed by atoms with E-state index in [1.54, 1.807) is 0 Å². The first-order chi connectivity index (χ1) is 24.8. The van der Waals surface area contributed by atoms with Crippen molar-refractivity contribution in [3.8, 4) is 0 Å². The van der Waals surface area contributed by atoms with Gasteiger partial charge in [-0.1, -0.05) is 60.1 Å². The molecule has 4 saturated carbocycles. The van der Waals surface area contributed by atoms with Gasteiger partial charge in [0.25, 0.3) is 0 Å². The van der Waals surface area contributed by atoms with Gasteiger partial charge in [-0.15, -0.1) is 0 Å². The Labute approximate surface area is 314 Å². The molecule has 2 saturated heterocycles. The highest BCUT2D eigenvalue weighted by atomic mass is 16.7. The summed E-state index contributed by atoms with van der Waals surface area (Å²) in [5, 5.41) is 72.3. The molecule has 0 aromatic rings. The largest absolute Gasteiger partial charge is 0.432 e. The van der Waals surface area contributed by atoms with E-state index in [0.29, 0.717) is 30.6 Å². The first-order valence-electron chi connectivity index (χ1n) is 20.3. The molecular weight excluding hydrogens is 684 g/mol. The van der Waals surface area contributed by atoms with Crippen molar-refractivity contribution < 1.29 is 59.5 Å². The number of carbonyl (C=O) groups excluding carboxylic acids is 1. The van der Waals surface area contributed by atoms with Crippen LogP contribution >= 0.6 is 0 Å². The number of hydrogen-bond donors (Lipinski definition) is 7. The van der Waals surface area contributed by atoms with E-state index in [-0.39, 0.29) is 46.2 Å². The Bertz CT molecular complexity index is 1420. The minimum absolute atomic E-state index is 0.00515. The summed E-state index contributed by atoms with van der Waals surface area (Å²) in [6.45, 7) is 15.8. The molecule has 6 fully saturated rings. The summed E-state index contributed by atoms with van der Waals surface area (Å²) >= 11 is 0. The van der Waals surface area contributed by atoms with Crippen LogP contribution in [-0.2, 0) is 23.7 Å². The monoisotopic (exact) mass is 750 g/mol. The molecule has 302 valence electrons. The fourth-order valence-corrected chi connectivity index (χ4v) is 13.5. The van der Waals surface area contributed by atoms with E-state index in [9.17, 15) is 40.5 Å². The zero-order chi connectivity index (χ0) is 38.6. The Hall–Kier alpha value is -1.19. The number of allylic oxidation sites excluding steroid dienone is 2. The van der Waals surface area contributed by atoms with Gasteiger partial charge >= 0.3 is 5.97 Å². The molecular formula is C41H66O12. The van der Waals surface area contributed by atoms with Crippen molar-refractivity contribution in [2.24, 2.45) is 56.7 Å². The second-order valence-corrected chi connectivity index (χ2v) is 19.6. The van der Waals surface area contributed by atoms with Gasteiger partial charge < -0.3 is 54.7 Å². The fraction of sp³-hybridized carbons (Fsp3) is 0.927. The maximum absolute atomic E-state index is 14.6. The van der Waals surface area contributed by atoms with Crippen LogP contribution in [0.1, 0.15) is 106 Å². The van der Waals surface area contributed by atoms with Crippen molar-refractivity contribution in [1.29, 1.82) is 0 Å². The van der Waals surface area contributed by atoms with Gasteiger partial charge in [0, 0.05) is 0 Å². The molecule has 7 rings (SSSR count). The number of rotatable bonds is 5. The summed E-state index contributed by atoms with van der Waals surface area (Å²) in [6, 6.07) is 0. The lowest BCUT2D eigenvalue weighted by Crippen LogP contribution is -2.66. The van der Waals surface area contributed by atoms with Crippen LogP contribution in [0.4, 0.5) is 0 Å². The van der Waals surface area contributed by atoms with E-state index >= 15 is 0 Å². The second-order valence-electron chi connectivity index (χ2n) is 19.6. The summed E-state index contributed by atoms with van der Waals surface area (Å²) < 4.78 is 23.8. The number of carbonyl (C=O) groups is 1. The molecule has 19 atom stereocenters. The first-order valence-corrected chi connectivity index (χ1v) is 20.3. The van der Waals surface area contributed by atoms with Gasteiger partial charge in [0.15, 0.2) is 6.29 Å². The third kappa shape index (κ3) is 5.77. The lowest BCUT2D eigenvalue weighted by atomic mass is 9.33. The second kappa shape index (κ2) is 13.7. The molecule has 12 heteroatoms. The van der Waals surface area contributed by atoms with Crippen molar-refractivity contribution >= 4 is 5.97 Å². The molecule has 0 amide bonds. The van der Waals surface area contributed by atoms with Crippen LogP contribution in [0.5, 0.6) is 0 Å². The zero-order valence-electron chi connectivity index (χ0n) is 32.7. The summed E-state index contributed by atoms with van der Waals surface area (Å²) in [4.78, 5) is 14.6. The third-order valence-electron chi connectivity index (χ3n) is 17.2. The summed E-state index contributed by atoms with van der Waals surface area (Å²) in [7, 11) is 0. The van der Waals surface area contributed by atoms with Gasteiger partial charge in [-0.25, -0.2) is 0 Å². The molecule has 0 radical (unpaired) electrons. The molecule has 7 N–H and O–H groups in total. The molecule has 0 aromatic heterocycles. The summed E-state index contributed by atoms with van der Waals surface area (Å²) in [5.74, 6) is 0.815. The van der Waals surface area contributed by atoms with E-state index in [1.165, 1.54) is 5.57 Å². The van der Waals surface area contributed by atoms with Gasteiger partial charge in [-0.2, -0.15) is 0 Å². The van der Waals surface area contributed by atoms with Crippen molar-refractivity contribution in [1.82, 2.24) is 0 Å². The van der Waals surface area contributed by atoms with E-state index in [0.717, 1.165) is 44.9 Å². The number of esters is 1. The highest BCUT2D eigenvalue weighted by molar-refractivity contribution is 5.79. The predicted molar refractivity (Wildman–Crippen MR) is 191 cm³/mol. The molecule has 0 spiro atoms. The zero-order valence-corrected chi connectivity index (χ0v) is 32.7. The van der Waals surface area contributed by atoms with Gasteiger partial charge in [0.1, 0.15) is 42.7 Å². The first kappa shape index (κ1) is 40.0. The molecule has 1 unspecified atom stereocenters. The summed E-state index contributed by atoms with van der Waals surface area (Å²) in [6.07, 6.45) is -2.31. The topological polar surface area (TPSA) is 196 Å². The Balaban J connectivity index is 1.17. The minimum atomic E-state index is -1.64. The number of aliphatic hydroxyl groups excluding tert-OH is 7. The van der Waals surface area contributed by atoms with E-state index in [4.69, 9.17) is 18.9 Å². The lowest BCUT2D eigenvalue weighted by Gasteiger charge is -2.71. The summed E-state index contributed by atoms with van der Waals surface area (Å²) in [5.41, 5.74) is 0.0874. The smallest absolute Gasteiger partial charge is 0.315 e. The van der Waals surface area contributed by atoms with Crippen LogP contribution in [0.15, 0.2) is 11.6 Å². The Morgan fingerprint density at radius 3 is 2.21 bits per heavy atom. The highest BCUT2D eigenvalue weighted by Gasteiger charge is 2.70. The van der Waals surface area contributed by atoms with Gasteiger partial charge in [0.05, 0.1) is 24.7 Å². The SMILES string of the molecule is C[C@@H]1CC[C@]2(C(=O)O[C@@H]3O[C@H](CO)[C@@H](O)[C@H](O)[C@H]3O)CC[C@]3(C)C(=CC[C@@H]4[C@@]5(C)CC[C@H](O[C@@H]6OC[C@H](O)[C@H](O)[C@H]6O)C(C)(C)[C@@H]5CC[C@]43C)C2[C@H]1C. The normalized spacial score (nSPS) is 55.1. The van der Waals surface area contributed by atoms with Crippen LogP contribution in [0.3, 0.4) is 0 Å². The Kier molecular flexibility index (Phi) is 10.4. The Morgan fingerprint density at radius 1 is 0.811 bits per heavy atom. The molecule has 2 aliphatic heterocycles. The maximum Gasteiger partial charge on any atom is 0.315 e. The molecule has 0 bridgehead atoms. The fourth-order valence-electron chi connectivity index (χ4n) is 13.5. The molecule has 7 aliphatic rings. The van der Waals surface area contributed by atoms with Crippen molar-refractivity contribution in [2.45, 2.75) is 168 Å². The lowest BCUT2D eigenvalue weighted by molar-refractivity contribution is -0.308. The Morgan fingerprint density at radius 2 is 1.51 bits per heavy atom. The quantitative estimate of drug-likeness (QED) is 0.124. The van der Waals surface area contributed by atoms with Gasteiger partial charge in [-0.05, 0) is 109 Å². The highest BCUT2D eigenvalue weighted by Crippen LogP contribution is 2.76. The van der Waals surface area contributed by atoms with Crippen LogP contribution in [0.25, 0.3) is 0 Å². The van der Waals surface area contributed by atoms with Crippen molar-refractivity contribution in [3.05, 3.63) is 11.6 Å². The molecule has 0 aromatic carbocycles. The number of ether oxygens (including phenoxy) is 4. The average Bonchev–Trinajstić information content (AvgIpc) is 3.11. The van der Waals surface area contributed by atoms with E-state index < -0.39 is 73.3 Å². The van der Waals surface area contributed by atoms with Crippen LogP contribution < -0.4 is 0 Å². The van der Waals surface area contributed by atoms with E-state index in [2.05, 4.69) is 54.5 Å². The minimum Gasteiger partial charge on any atom is -0.432 e. The van der Waals surface area contributed by atoms with Crippen molar-refractivity contribution in [3.63, 3.8) is 0 Å². The number of fused-ring (bicyclic) bond motifs is 7. The number of hydrogen-bond acceptors (Lipinski definition) is 12. The molecule has 12 nitrogen and oxygen atoms in total.